The smallest absolute Gasteiger partial charge is 0.260 e. The number of ether oxygens (including phenoxy) is 1. The van der Waals surface area contributed by atoms with Crippen LogP contribution in [0.15, 0.2) is 36.8 Å². The maximum atomic E-state index is 12.0. The van der Waals surface area contributed by atoms with Crippen LogP contribution in [-0.2, 0) is 4.79 Å². The number of rotatable bonds is 7. The lowest BCUT2D eigenvalue weighted by Crippen LogP contribution is -2.38. The summed E-state index contributed by atoms with van der Waals surface area (Å²) in [5.41, 5.74) is 0.890. The van der Waals surface area contributed by atoms with E-state index in [0.717, 1.165) is 5.56 Å². The monoisotopic (exact) mass is 334 g/mol. The van der Waals surface area contributed by atoms with Gasteiger partial charge in [0.25, 0.3) is 5.91 Å². The summed E-state index contributed by atoms with van der Waals surface area (Å²) < 4.78 is 5.66. The van der Waals surface area contributed by atoms with Gasteiger partial charge in [-0.2, -0.15) is 0 Å². The van der Waals surface area contributed by atoms with Crippen LogP contribution in [0, 0.1) is 6.92 Å². The number of halogens is 1. The van der Waals surface area contributed by atoms with Crippen molar-refractivity contribution in [3.63, 3.8) is 0 Å². The molecule has 1 heterocycles. The van der Waals surface area contributed by atoms with Crippen LogP contribution in [0.3, 0.4) is 0 Å². The first-order valence-corrected chi connectivity index (χ1v) is 7.64. The number of nitrogens with one attached hydrogen (secondary N) is 2. The first-order valence-electron chi connectivity index (χ1n) is 7.26. The summed E-state index contributed by atoms with van der Waals surface area (Å²) in [6, 6.07) is 5.29. The standard InChI is InChI=1S/C16H19ClN4O2/c1-11-9-13(17)3-4-14(11)23-12(2)16(22)21-8-7-20-15-10-18-5-6-19-15/h3-6,9-10,12H,7-8H2,1-2H3,(H,19,20)(H,21,22). The Bertz CT molecular complexity index is 652. The van der Waals surface area contributed by atoms with Gasteiger partial charge in [0.05, 0.1) is 6.20 Å². The van der Waals surface area contributed by atoms with E-state index in [1.54, 1.807) is 43.7 Å². The molecule has 0 bridgehead atoms. The lowest BCUT2D eigenvalue weighted by molar-refractivity contribution is -0.127. The quantitative estimate of drug-likeness (QED) is 0.761. The molecule has 1 aromatic heterocycles. The molecule has 0 saturated heterocycles. The number of carbonyl (C=O) groups is 1. The molecule has 0 spiro atoms. The van der Waals surface area contributed by atoms with Crippen LogP contribution < -0.4 is 15.4 Å². The number of aryl methyl sites for hydroxylation is 1. The Morgan fingerprint density at radius 1 is 1.35 bits per heavy atom. The molecule has 0 radical (unpaired) electrons. The topological polar surface area (TPSA) is 76.1 Å². The third-order valence-electron chi connectivity index (χ3n) is 3.10. The van der Waals surface area contributed by atoms with Gasteiger partial charge in [0.15, 0.2) is 6.10 Å². The Morgan fingerprint density at radius 3 is 2.87 bits per heavy atom. The number of amides is 1. The molecule has 2 aromatic rings. The van der Waals surface area contributed by atoms with E-state index in [9.17, 15) is 4.79 Å². The number of hydrogen-bond donors (Lipinski definition) is 2. The number of aromatic nitrogens is 2. The van der Waals surface area contributed by atoms with Crippen molar-refractivity contribution in [3.8, 4) is 5.75 Å². The molecule has 2 N–H and O–H groups in total. The van der Waals surface area contributed by atoms with E-state index in [4.69, 9.17) is 16.3 Å². The van der Waals surface area contributed by atoms with Crippen molar-refractivity contribution in [3.05, 3.63) is 47.4 Å². The van der Waals surface area contributed by atoms with Gasteiger partial charge in [0.2, 0.25) is 0 Å². The molecule has 7 heteroatoms. The Balaban J connectivity index is 1.74. The third kappa shape index (κ3) is 5.41. The number of anilines is 1. The summed E-state index contributed by atoms with van der Waals surface area (Å²) >= 11 is 5.90. The minimum atomic E-state index is -0.591. The van der Waals surface area contributed by atoms with Gasteiger partial charge in [0.1, 0.15) is 11.6 Å². The Hall–Kier alpha value is -2.34. The summed E-state index contributed by atoms with van der Waals surface area (Å²) in [7, 11) is 0. The zero-order chi connectivity index (χ0) is 16.7. The van der Waals surface area contributed by atoms with Crippen LogP contribution >= 0.6 is 11.6 Å². The maximum Gasteiger partial charge on any atom is 0.260 e. The van der Waals surface area contributed by atoms with Gasteiger partial charge >= 0.3 is 0 Å². The highest BCUT2D eigenvalue weighted by atomic mass is 35.5. The Morgan fingerprint density at radius 2 is 2.17 bits per heavy atom. The molecule has 0 aliphatic carbocycles. The molecule has 1 atom stereocenters. The summed E-state index contributed by atoms with van der Waals surface area (Å²) in [5.74, 6) is 1.14. The van der Waals surface area contributed by atoms with Crippen LogP contribution in [0.5, 0.6) is 5.75 Å². The van der Waals surface area contributed by atoms with Crippen LogP contribution in [0.2, 0.25) is 5.02 Å². The van der Waals surface area contributed by atoms with Gasteiger partial charge in [0, 0.05) is 30.5 Å². The van der Waals surface area contributed by atoms with E-state index in [-0.39, 0.29) is 5.91 Å². The zero-order valence-corrected chi connectivity index (χ0v) is 13.8. The van der Waals surface area contributed by atoms with Gasteiger partial charge in [-0.3, -0.25) is 9.78 Å². The fourth-order valence-electron chi connectivity index (χ4n) is 1.90. The molecule has 1 aromatic carbocycles. The highest BCUT2D eigenvalue weighted by Crippen LogP contribution is 2.22. The van der Waals surface area contributed by atoms with Gasteiger partial charge in [-0.1, -0.05) is 11.6 Å². The number of carbonyl (C=O) groups excluding carboxylic acids is 1. The second kappa shape index (κ2) is 8.33. The molecule has 122 valence electrons. The third-order valence-corrected chi connectivity index (χ3v) is 3.34. The normalized spacial score (nSPS) is 11.6. The van der Waals surface area contributed by atoms with E-state index in [2.05, 4.69) is 20.6 Å². The minimum absolute atomic E-state index is 0.180. The second-order valence-corrected chi connectivity index (χ2v) is 5.41. The van der Waals surface area contributed by atoms with Crippen LogP contribution in [0.4, 0.5) is 5.82 Å². The van der Waals surface area contributed by atoms with Crippen molar-refractivity contribution >= 4 is 23.3 Å². The summed E-state index contributed by atoms with van der Waals surface area (Å²) in [6.07, 6.45) is 4.23. The first-order chi connectivity index (χ1) is 11.1. The van der Waals surface area contributed by atoms with E-state index in [0.29, 0.717) is 29.7 Å². The summed E-state index contributed by atoms with van der Waals surface area (Å²) in [6.45, 7) is 4.61. The van der Waals surface area contributed by atoms with Crippen molar-refractivity contribution in [1.82, 2.24) is 15.3 Å². The molecule has 1 amide bonds. The summed E-state index contributed by atoms with van der Waals surface area (Å²) in [5, 5.41) is 6.50. The molecule has 0 fully saturated rings. The molecule has 0 saturated carbocycles. The maximum absolute atomic E-state index is 12.0. The van der Waals surface area contributed by atoms with E-state index in [1.807, 2.05) is 6.92 Å². The van der Waals surface area contributed by atoms with E-state index >= 15 is 0 Å². The predicted octanol–water partition coefficient (Wildman–Crippen LogP) is 2.43. The average molecular weight is 335 g/mol. The van der Waals surface area contributed by atoms with Gasteiger partial charge in [-0.25, -0.2) is 4.98 Å². The molecule has 6 nitrogen and oxygen atoms in total. The van der Waals surface area contributed by atoms with E-state index < -0.39 is 6.10 Å². The second-order valence-electron chi connectivity index (χ2n) is 4.98. The van der Waals surface area contributed by atoms with Crippen molar-refractivity contribution in [2.24, 2.45) is 0 Å². The van der Waals surface area contributed by atoms with E-state index in [1.165, 1.54) is 0 Å². The molecule has 0 aliphatic heterocycles. The first kappa shape index (κ1) is 17.0. The van der Waals surface area contributed by atoms with Crippen molar-refractivity contribution < 1.29 is 9.53 Å². The van der Waals surface area contributed by atoms with Gasteiger partial charge in [-0.05, 0) is 37.6 Å². The van der Waals surface area contributed by atoms with Crippen LogP contribution in [-0.4, -0.2) is 35.1 Å². The number of benzene rings is 1. The van der Waals surface area contributed by atoms with Crippen LogP contribution in [0.25, 0.3) is 0 Å². The van der Waals surface area contributed by atoms with Crippen molar-refractivity contribution in [1.29, 1.82) is 0 Å². The van der Waals surface area contributed by atoms with Gasteiger partial charge < -0.3 is 15.4 Å². The largest absolute Gasteiger partial charge is 0.481 e. The summed E-state index contributed by atoms with van der Waals surface area (Å²) in [4.78, 5) is 20.0. The number of nitrogens with zero attached hydrogens (tertiary/aromatic N) is 2. The molecule has 23 heavy (non-hydrogen) atoms. The average Bonchev–Trinajstić information content (AvgIpc) is 2.55. The molecular weight excluding hydrogens is 316 g/mol. The molecule has 1 unspecified atom stereocenters. The highest BCUT2D eigenvalue weighted by Gasteiger charge is 2.15. The Labute approximate surface area is 140 Å². The van der Waals surface area contributed by atoms with Crippen LogP contribution in [0.1, 0.15) is 12.5 Å². The number of hydrogen-bond acceptors (Lipinski definition) is 5. The zero-order valence-electron chi connectivity index (χ0n) is 13.0. The van der Waals surface area contributed by atoms with Crippen molar-refractivity contribution in [2.75, 3.05) is 18.4 Å². The minimum Gasteiger partial charge on any atom is -0.481 e. The Kier molecular flexibility index (Phi) is 6.17. The SMILES string of the molecule is Cc1cc(Cl)ccc1OC(C)C(=O)NCCNc1cnccn1. The highest BCUT2D eigenvalue weighted by molar-refractivity contribution is 6.30. The molecule has 0 aliphatic rings. The fraction of sp³-hybridized carbons (Fsp3) is 0.312. The molecular formula is C16H19ClN4O2. The predicted molar refractivity (Wildman–Crippen MR) is 89.8 cm³/mol. The fourth-order valence-corrected chi connectivity index (χ4v) is 2.13. The lowest BCUT2D eigenvalue weighted by atomic mass is 10.2. The lowest BCUT2D eigenvalue weighted by Gasteiger charge is -2.16. The molecule has 2 rings (SSSR count). The van der Waals surface area contributed by atoms with Crippen molar-refractivity contribution in [2.45, 2.75) is 20.0 Å². The van der Waals surface area contributed by atoms with Gasteiger partial charge in [-0.15, -0.1) is 0 Å².